The van der Waals surface area contributed by atoms with Crippen molar-refractivity contribution in [2.45, 2.75) is 39.5 Å². The lowest BCUT2D eigenvalue weighted by atomic mass is 9.83. The van der Waals surface area contributed by atoms with Gasteiger partial charge in [0.25, 0.3) is 0 Å². The SMILES string of the molecule is [C-]#[N+]c1c(C#N)c(N(c2ccccc2)c2ccccc2)c(C(C)C)c(C(C)C)c1N(c1ccccc1)c1ccccc1. The summed E-state index contributed by atoms with van der Waals surface area (Å²) < 4.78 is 0. The Balaban J connectivity index is 1.99. The molecule has 0 heterocycles. The van der Waals surface area contributed by atoms with E-state index in [0.717, 1.165) is 45.3 Å². The van der Waals surface area contributed by atoms with E-state index in [9.17, 15) is 5.26 Å². The molecule has 0 aliphatic heterocycles. The zero-order chi connectivity index (χ0) is 29.6. The van der Waals surface area contributed by atoms with Crippen LogP contribution in [0.3, 0.4) is 0 Å². The molecule has 5 aromatic carbocycles. The van der Waals surface area contributed by atoms with Crippen LogP contribution in [0.25, 0.3) is 4.85 Å². The summed E-state index contributed by atoms with van der Waals surface area (Å²) in [7, 11) is 0. The van der Waals surface area contributed by atoms with Gasteiger partial charge < -0.3 is 9.80 Å². The minimum absolute atomic E-state index is 0.0614. The fourth-order valence-corrected chi connectivity index (χ4v) is 5.71. The summed E-state index contributed by atoms with van der Waals surface area (Å²) in [6, 6.07) is 43.0. The van der Waals surface area contributed by atoms with Crippen LogP contribution in [0.1, 0.15) is 56.2 Å². The normalized spacial score (nSPS) is 10.8. The van der Waals surface area contributed by atoms with Crippen LogP contribution in [0.4, 0.5) is 39.8 Å². The molecule has 5 rings (SSSR count). The Morgan fingerprint density at radius 3 is 1.14 bits per heavy atom. The van der Waals surface area contributed by atoms with Crippen LogP contribution in [-0.4, -0.2) is 0 Å². The predicted molar refractivity (Wildman–Crippen MR) is 175 cm³/mol. The molecule has 5 aromatic rings. The molecule has 4 heteroatoms. The molecule has 42 heavy (non-hydrogen) atoms. The third kappa shape index (κ3) is 5.24. The van der Waals surface area contributed by atoms with Gasteiger partial charge in [-0.1, -0.05) is 100 Å². The van der Waals surface area contributed by atoms with Crippen molar-refractivity contribution in [1.82, 2.24) is 0 Å². The van der Waals surface area contributed by atoms with E-state index in [1.807, 2.05) is 72.8 Å². The molecular formula is C38H34N4. The highest BCUT2D eigenvalue weighted by atomic mass is 15.2. The fraction of sp³-hybridized carbons (Fsp3) is 0.158. The molecule has 0 amide bonds. The molecule has 0 bridgehead atoms. The van der Waals surface area contributed by atoms with Gasteiger partial charge in [0, 0.05) is 22.7 Å². The van der Waals surface area contributed by atoms with Crippen molar-refractivity contribution in [2.24, 2.45) is 0 Å². The predicted octanol–water partition coefficient (Wildman–Crippen LogP) is 11.3. The topological polar surface area (TPSA) is 34.6 Å². The quantitative estimate of drug-likeness (QED) is 0.182. The largest absolute Gasteiger partial charge is 0.320 e. The summed E-state index contributed by atoms with van der Waals surface area (Å²) in [4.78, 5) is 8.44. The lowest BCUT2D eigenvalue weighted by molar-refractivity contribution is 0.789. The van der Waals surface area contributed by atoms with Crippen molar-refractivity contribution < 1.29 is 0 Å². The Morgan fingerprint density at radius 2 is 0.857 bits per heavy atom. The van der Waals surface area contributed by atoms with Crippen LogP contribution in [0.5, 0.6) is 0 Å². The molecule has 0 aromatic heterocycles. The van der Waals surface area contributed by atoms with Gasteiger partial charge in [0.15, 0.2) is 0 Å². The summed E-state index contributed by atoms with van der Waals surface area (Å²) in [5, 5.41) is 10.9. The summed E-state index contributed by atoms with van der Waals surface area (Å²) in [6.45, 7) is 17.2. The lowest BCUT2D eigenvalue weighted by Gasteiger charge is -2.37. The minimum atomic E-state index is 0.0614. The van der Waals surface area contributed by atoms with Crippen molar-refractivity contribution in [1.29, 1.82) is 5.26 Å². The molecule has 0 aliphatic carbocycles. The molecule has 0 saturated carbocycles. The van der Waals surface area contributed by atoms with Crippen LogP contribution in [-0.2, 0) is 0 Å². The second-order valence-corrected chi connectivity index (χ2v) is 10.8. The molecule has 0 atom stereocenters. The number of hydrogen-bond donors (Lipinski definition) is 0. The number of nitrogens with zero attached hydrogens (tertiary/aromatic N) is 4. The number of nitriles is 1. The fourth-order valence-electron chi connectivity index (χ4n) is 5.71. The summed E-state index contributed by atoms with van der Waals surface area (Å²) in [6.07, 6.45) is 0. The number of rotatable bonds is 8. The average Bonchev–Trinajstić information content (AvgIpc) is 3.03. The Kier molecular flexibility index (Phi) is 8.37. The summed E-state index contributed by atoms with van der Waals surface area (Å²) >= 11 is 0. The van der Waals surface area contributed by atoms with Gasteiger partial charge in [-0.25, -0.2) is 4.85 Å². The van der Waals surface area contributed by atoms with Crippen molar-refractivity contribution in [3.8, 4) is 6.07 Å². The Morgan fingerprint density at radius 1 is 0.548 bits per heavy atom. The van der Waals surface area contributed by atoms with E-state index in [0.29, 0.717) is 11.3 Å². The molecule has 0 saturated heterocycles. The smallest absolute Gasteiger partial charge is 0.230 e. The van der Waals surface area contributed by atoms with E-state index in [-0.39, 0.29) is 11.8 Å². The molecule has 0 radical (unpaired) electrons. The van der Waals surface area contributed by atoms with Gasteiger partial charge in [-0.3, -0.25) is 0 Å². The van der Waals surface area contributed by atoms with Crippen LogP contribution in [0, 0.1) is 17.9 Å². The molecule has 0 spiro atoms. The van der Waals surface area contributed by atoms with Crippen LogP contribution < -0.4 is 9.80 Å². The molecule has 4 nitrogen and oxygen atoms in total. The van der Waals surface area contributed by atoms with Gasteiger partial charge in [-0.15, -0.1) is 0 Å². The number of para-hydroxylation sites is 4. The zero-order valence-electron chi connectivity index (χ0n) is 24.5. The van der Waals surface area contributed by atoms with Crippen LogP contribution in [0.2, 0.25) is 0 Å². The zero-order valence-corrected chi connectivity index (χ0v) is 24.5. The maximum absolute atomic E-state index is 10.9. The van der Waals surface area contributed by atoms with E-state index in [4.69, 9.17) is 6.57 Å². The molecule has 0 N–H and O–H groups in total. The van der Waals surface area contributed by atoms with Crippen molar-refractivity contribution in [3.63, 3.8) is 0 Å². The summed E-state index contributed by atoms with van der Waals surface area (Å²) in [5.74, 6) is 0.124. The highest BCUT2D eigenvalue weighted by Gasteiger charge is 2.34. The van der Waals surface area contributed by atoms with E-state index >= 15 is 0 Å². The van der Waals surface area contributed by atoms with Crippen molar-refractivity contribution >= 4 is 39.8 Å². The Bertz CT molecular complexity index is 1520. The highest BCUT2D eigenvalue weighted by molar-refractivity contribution is 5.98. The van der Waals surface area contributed by atoms with E-state index < -0.39 is 0 Å². The molecular weight excluding hydrogens is 512 g/mol. The van der Waals surface area contributed by atoms with Crippen LogP contribution >= 0.6 is 0 Å². The second kappa shape index (κ2) is 12.5. The average molecular weight is 547 g/mol. The third-order valence-corrected chi connectivity index (χ3v) is 7.38. The first kappa shape index (κ1) is 28.2. The molecule has 0 unspecified atom stereocenters. The Hall–Kier alpha value is -5.32. The number of anilines is 6. The van der Waals surface area contributed by atoms with Gasteiger partial charge in [0.05, 0.1) is 29.6 Å². The van der Waals surface area contributed by atoms with Gasteiger partial charge >= 0.3 is 0 Å². The van der Waals surface area contributed by atoms with Gasteiger partial charge in [-0.2, -0.15) is 5.26 Å². The molecule has 206 valence electrons. The van der Waals surface area contributed by atoms with Gasteiger partial charge in [0.2, 0.25) is 5.69 Å². The number of benzene rings is 5. The van der Waals surface area contributed by atoms with Crippen molar-refractivity contribution in [2.75, 3.05) is 9.80 Å². The molecule has 0 fully saturated rings. The number of hydrogen-bond acceptors (Lipinski definition) is 3. The summed E-state index contributed by atoms with van der Waals surface area (Å²) in [5.41, 5.74) is 8.12. The Labute approximate surface area is 249 Å². The lowest BCUT2D eigenvalue weighted by Crippen LogP contribution is -2.20. The van der Waals surface area contributed by atoms with Crippen molar-refractivity contribution in [3.05, 3.63) is 149 Å². The van der Waals surface area contributed by atoms with E-state index in [2.05, 4.69) is 96.9 Å². The monoisotopic (exact) mass is 546 g/mol. The van der Waals surface area contributed by atoms with Gasteiger partial charge in [0.1, 0.15) is 0 Å². The standard InChI is InChI=1S/C38H34N4/c1-27(2)34-35(28(3)4)38(42(31-22-14-8-15-23-31)32-24-16-9-17-25-32)36(40-5)33(26-39)37(34)41(29-18-10-6-11-19-29)30-20-12-7-13-21-30/h6-25,27-28H,1-4H3. The minimum Gasteiger partial charge on any atom is -0.320 e. The maximum atomic E-state index is 10.9. The van der Waals surface area contributed by atoms with E-state index in [1.165, 1.54) is 0 Å². The second-order valence-electron chi connectivity index (χ2n) is 10.8. The maximum Gasteiger partial charge on any atom is 0.230 e. The first-order valence-corrected chi connectivity index (χ1v) is 14.3. The van der Waals surface area contributed by atoms with Crippen LogP contribution in [0.15, 0.2) is 121 Å². The van der Waals surface area contributed by atoms with Gasteiger partial charge in [-0.05, 0) is 71.5 Å². The van der Waals surface area contributed by atoms with E-state index in [1.54, 1.807) is 0 Å². The molecule has 0 aliphatic rings. The third-order valence-electron chi connectivity index (χ3n) is 7.38. The highest BCUT2D eigenvalue weighted by Crippen LogP contribution is 2.55. The first-order valence-electron chi connectivity index (χ1n) is 14.3. The first-order chi connectivity index (χ1) is 20.5.